The van der Waals surface area contributed by atoms with Crippen LogP contribution in [0.15, 0.2) is 48.5 Å². The Morgan fingerprint density at radius 2 is 1.75 bits per heavy atom. The third-order valence-electron chi connectivity index (χ3n) is 2.38. The summed E-state index contributed by atoms with van der Waals surface area (Å²) >= 11 is 17.6. The lowest BCUT2D eigenvalue weighted by Gasteiger charge is -2.01. The van der Waals surface area contributed by atoms with Crippen molar-refractivity contribution in [2.24, 2.45) is 0 Å². The van der Waals surface area contributed by atoms with Crippen LogP contribution in [0.3, 0.4) is 0 Å². The number of hydrogen-bond donors (Lipinski definition) is 0. The maximum absolute atomic E-state index is 11.7. The standard InChI is InChI=1S/C15H9Cl3O2/c16-11-2-1-3-13(8-11)20-15(19)7-5-10-4-6-12(17)9-14(10)18/h1-9H/b7-5+. The van der Waals surface area contributed by atoms with Gasteiger partial charge in [0.1, 0.15) is 5.75 Å². The fourth-order valence-corrected chi connectivity index (χ4v) is 2.13. The normalized spacial score (nSPS) is 10.8. The molecule has 0 saturated heterocycles. The molecule has 0 amide bonds. The van der Waals surface area contributed by atoms with E-state index in [9.17, 15) is 4.79 Å². The van der Waals surface area contributed by atoms with Gasteiger partial charge in [-0.1, -0.05) is 46.9 Å². The van der Waals surface area contributed by atoms with E-state index in [1.165, 1.54) is 6.08 Å². The van der Waals surface area contributed by atoms with Crippen LogP contribution >= 0.6 is 34.8 Å². The Bertz CT molecular complexity index is 666. The number of halogens is 3. The van der Waals surface area contributed by atoms with Crippen molar-refractivity contribution in [1.82, 2.24) is 0 Å². The van der Waals surface area contributed by atoms with Gasteiger partial charge in [0.15, 0.2) is 0 Å². The van der Waals surface area contributed by atoms with E-state index in [2.05, 4.69) is 0 Å². The molecular weight excluding hydrogens is 319 g/mol. The third kappa shape index (κ3) is 4.27. The Balaban J connectivity index is 2.06. The van der Waals surface area contributed by atoms with Gasteiger partial charge in [-0.2, -0.15) is 0 Å². The van der Waals surface area contributed by atoms with E-state index < -0.39 is 5.97 Å². The second-order valence-corrected chi connectivity index (χ2v) is 5.16. The molecule has 0 bridgehead atoms. The van der Waals surface area contributed by atoms with Crippen LogP contribution in [0.25, 0.3) is 6.08 Å². The molecule has 0 heterocycles. The summed E-state index contributed by atoms with van der Waals surface area (Å²) in [6.07, 6.45) is 2.85. The van der Waals surface area contributed by atoms with Crippen molar-refractivity contribution < 1.29 is 9.53 Å². The van der Waals surface area contributed by atoms with Crippen LogP contribution in [0, 0.1) is 0 Å². The van der Waals surface area contributed by atoms with Crippen LogP contribution in [0.5, 0.6) is 5.75 Å². The third-order valence-corrected chi connectivity index (χ3v) is 3.17. The second kappa shape index (κ2) is 6.80. The quantitative estimate of drug-likeness (QED) is 0.436. The van der Waals surface area contributed by atoms with Gasteiger partial charge >= 0.3 is 5.97 Å². The molecule has 0 aliphatic rings. The van der Waals surface area contributed by atoms with E-state index in [0.29, 0.717) is 26.4 Å². The number of carbonyl (C=O) groups is 1. The highest BCUT2D eigenvalue weighted by molar-refractivity contribution is 6.35. The first-order valence-electron chi connectivity index (χ1n) is 5.65. The fourth-order valence-electron chi connectivity index (χ4n) is 1.48. The molecular formula is C15H9Cl3O2. The minimum absolute atomic E-state index is 0.384. The van der Waals surface area contributed by atoms with Crippen LogP contribution in [-0.2, 0) is 4.79 Å². The zero-order valence-corrected chi connectivity index (χ0v) is 12.4. The van der Waals surface area contributed by atoms with E-state index in [1.807, 2.05) is 0 Å². The smallest absolute Gasteiger partial charge is 0.336 e. The molecule has 102 valence electrons. The molecule has 0 saturated carbocycles. The van der Waals surface area contributed by atoms with E-state index in [0.717, 1.165) is 0 Å². The van der Waals surface area contributed by atoms with Crippen molar-refractivity contribution in [3.05, 3.63) is 69.2 Å². The molecule has 0 aliphatic carbocycles. The summed E-state index contributed by atoms with van der Waals surface area (Å²) in [5.41, 5.74) is 0.680. The Morgan fingerprint density at radius 1 is 1.00 bits per heavy atom. The number of esters is 1. The first kappa shape index (κ1) is 14.9. The van der Waals surface area contributed by atoms with E-state index >= 15 is 0 Å². The van der Waals surface area contributed by atoms with Crippen molar-refractivity contribution in [2.75, 3.05) is 0 Å². The summed E-state index contributed by atoms with van der Waals surface area (Å²) in [5, 5.41) is 1.50. The van der Waals surface area contributed by atoms with Crippen molar-refractivity contribution in [3.63, 3.8) is 0 Å². The zero-order valence-electron chi connectivity index (χ0n) is 10.1. The Hall–Kier alpha value is -1.48. The van der Waals surface area contributed by atoms with Gasteiger partial charge in [0.25, 0.3) is 0 Å². The highest BCUT2D eigenvalue weighted by atomic mass is 35.5. The largest absolute Gasteiger partial charge is 0.423 e. The van der Waals surface area contributed by atoms with Crippen molar-refractivity contribution in [2.45, 2.75) is 0 Å². The Kier molecular flexibility index (Phi) is 5.07. The molecule has 0 atom stereocenters. The first-order valence-corrected chi connectivity index (χ1v) is 6.78. The zero-order chi connectivity index (χ0) is 14.5. The van der Waals surface area contributed by atoms with Gasteiger partial charge in [-0.15, -0.1) is 0 Å². The van der Waals surface area contributed by atoms with Gasteiger partial charge < -0.3 is 4.74 Å². The monoisotopic (exact) mass is 326 g/mol. The van der Waals surface area contributed by atoms with Gasteiger partial charge in [0.2, 0.25) is 0 Å². The topological polar surface area (TPSA) is 26.3 Å². The maximum atomic E-state index is 11.7. The molecule has 0 aliphatic heterocycles. The van der Waals surface area contributed by atoms with Crippen molar-refractivity contribution in [3.8, 4) is 5.75 Å². The first-order chi connectivity index (χ1) is 9.54. The van der Waals surface area contributed by atoms with E-state index in [-0.39, 0.29) is 0 Å². The highest BCUT2D eigenvalue weighted by Crippen LogP contribution is 2.22. The molecule has 2 aromatic carbocycles. The lowest BCUT2D eigenvalue weighted by atomic mass is 10.2. The average molecular weight is 328 g/mol. The molecule has 5 heteroatoms. The van der Waals surface area contributed by atoms with E-state index in [4.69, 9.17) is 39.5 Å². The number of hydrogen-bond acceptors (Lipinski definition) is 2. The lowest BCUT2D eigenvalue weighted by Crippen LogP contribution is -2.03. The molecule has 0 spiro atoms. The fraction of sp³-hybridized carbons (Fsp3) is 0. The van der Waals surface area contributed by atoms with Gasteiger partial charge in [-0.3, -0.25) is 0 Å². The van der Waals surface area contributed by atoms with Crippen LogP contribution in [0.4, 0.5) is 0 Å². The molecule has 0 N–H and O–H groups in total. The summed E-state index contributed by atoms with van der Waals surface area (Å²) in [4.78, 5) is 11.7. The summed E-state index contributed by atoms with van der Waals surface area (Å²) in [6, 6.07) is 11.6. The molecule has 2 rings (SSSR count). The Labute approximate surface area is 131 Å². The average Bonchev–Trinajstić information content (AvgIpc) is 2.37. The molecule has 0 fully saturated rings. The highest BCUT2D eigenvalue weighted by Gasteiger charge is 2.02. The van der Waals surface area contributed by atoms with Crippen LogP contribution < -0.4 is 4.74 Å². The van der Waals surface area contributed by atoms with Crippen molar-refractivity contribution in [1.29, 1.82) is 0 Å². The van der Waals surface area contributed by atoms with Gasteiger partial charge in [0.05, 0.1) is 0 Å². The summed E-state index contributed by atoms with van der Waals surface area (Å²) in [5.74, 6) is -0.132. The van der Waals surface area contributed by atoms with Gasteiger partial charge in [0, 0.05) is 21.1 Å². The van der Waals surface area contributed by atoms with Crippen LogP contribution in [0.2, 0.25) is 15.1 Å². The Morgan fingerprint density at radius 3 is 2.45 bits per heavy atom. The predicted octanol–water partition coefficient (Wildman–Crippen LogP) is 5.27. The van der Waals surface area contributed by atoms with Crippen molar-refractivity contribution >= 4 is 46.8 Å². The number of carbonyl (C=O) groups excluding carboxylic acids is 1. The molecule has 0 unspecified atom stereocenters. The number of ether oxygens (including phenoxy) is 1. The molecule has 20 heavy (non-hydrogen) atoms. The summed E-state index contributed by atoms with van der Waals surface area (Å²) < 4.78 is 5.10. The molecule has 0 radical (unpaired) electrons. The number of benzene rings is 2. The SMILES string of the molecule is O=C(/C=C/c1ccc(Cl)cc1Cl)Oc1cccc(Cl)c1. The molecule has 2 aromatic rings. The summed E-state index contributed by atoms with van der Waals surface area (Å²) in [6.45, 7) is 0. The second-order valence-electron chi connectivity index (χ2n) is 3.88. The maximum Gasteiger partial charge on any atom is 0.336 e. The van der Waals surface area contributed by atoms with Gasteiger partial charge in [-0.05, 0) is 42.0 Å². The minimum atomic E-state index is -0.515. The summed E-state index contributed by atoms with van der Waals surface area (Å²) in [7, 11) is 0. The van der Waals surface area contributed by atoms with E-state index in [1.54, 1.807) is 48.5 Å². The molecule has 2 nitrogen and oxygen atoms in total. The van der Waals surface area contributed by atoms with Gasteiger partial charge in [-0.25, -0.2) is 4.79 Å². The number of rotatable bonds is 3. The van der Waals surface area contributed by atoms with Crippen LogP contribution in [0.1, 0.15) is 5.56 Å². The minimum Gasteiger partial charge on any atom is -0.423 e. The lowest BCUT2D eigenvalue weighted by molar-refractivity contribution is -0.128. The molecule has 0 aromatic heterocycles. The predicted molar refractivity (Wildman–Crippen MR) is 82.6 cm³/mol. The van der Waals surface area contributed by atoms with Crippen LogP contribution in [-0.4, -0.2) is 5.97 Å².